The van der Waals surface area contributed by atoms with Gasteiger partial charge < -0.3 is 5.11 Å². The molecule has 0 aliphatic rings. The van der Waals surface area contributed by atoms with Crippen molar-refractivity contribution >= 4 is 11.5 Å². The minimum Gasteiger partial charge on any atom is -0.393 e. The van der Waals surface area contributed by atoms with Crippen molar-refractivity contribution in [2.45, 2.75) is 39.2 Å². The van der Waals surface area contributed by atoms with Crippen LogP contribution >= 0.6 is 11.5 Å². The van der Waals surface area contributed by atoms with Gasteiger partial charge in [-0.05, 0) is 18.0 Å². The number of rotatable bonds is 4. The minimum atomic E-state index is -0.261. The fraction of sp³-hybridized carbons (Fsp3) is 0.750. The van der Waals surface area contributed by atoms with E-state index < -0.39 is 0 Å². The van der Waals surface area contributed by atoms with Crippen molar-refractivity contribution in [3.05, 3.63) is 10.8 Å². The van der Waals surface area contributed by atoms with Crippen LogP contribution in [-0.4, -0.2) is 20.6 Å². The monoisotopic (exact) mass is 186 g/mol. The van der Waals surface area contributed by atoms with Gasteiger partial charge in [0.15, 0.2) is 0 Å². The highest BCUT2D eigenvalue weighted by Gasteiger charge is 2.07. The number of nitrogens with zero attached hydrogens (tertiary/aromatic N) is 2. The molecule has 0 aliphatic heterocycles. The number of aliphatic hydroxyl groups is 1. The molecule has 0 saturated carbocycles. The quantitative estimate of drug-likeness (QED) is 0.773. The number of aliphatic hydroxyl groups excluding tert-OH is 1. The molecule has 12 heavy (non-hydrogen) atoms. The highest BCUT2D eigenvalue weighted by atomic mass is 32.1. The zero-order chi connectivity index (χ0) is 8.97. The molecule has 0 saturated heterocycles. The lowest BCUT2D eigenvalue weighted by Crippen LogP contribution is -2.07. The molecular formula is C8H14N2OS. The number of hydrogen-bond acceptors (Lipinski definition) is 4. The number of aromatic nitrogens is 2. The third-order valence-electron chi connectivity index (χ3n) is 1.71. The van der Waals surface area contributed by atoms with Crippen molar-refractivity contribution < 1.29 is 5.11 Å². The molecule has 1 unspecified atom stereocenters. The summed E-state index contributed by atoms with van der Waals surface area (Å²) in [5, 5.41) is 10.3. The second kappa shape index (κ2) is 4.52. The van der Waals surface area contributed by atoms with E-state index in [1.54, 1.807) is 0 Å². The van der Waals surface area contributed by atoms with E-state index in [4.69, 9.17) is 0 Å². The number of hydrogen-bond donors (Lipinski definition) is 1. The summed E-state index contributed by atoms with van der Waals surface area (Å²) in [4.78, 5) is 4.26. The van der Waals surface area contributed by atoms with Crippen LogP contribution in [0.15, 0.2) is 0 Å². The van der Waals surface area contributed by atoms with Gasteiger partial charge in [0.05, 0.1) is 6.10 Å². The van der Waals surface area contributed by atoms with E-state index in [2.05, 4.69) is 9.36 Å². The predicted octanol–water partition coefficient (Wildman–Crippen LogP) is 1.41. The fourth-order valence-electron chi connectivity index (χ4n) is 0.863. The van der Waals surface area contributed by atoms with Gasteiger partial charge in [-0.2, -0.15) is 4.37 Å². The lowest BCUT2D eigenvalue weighted by Gasteiger charge is -2.02. The summed E-state index contributed by atoms with van der Waals surface area (Å²) in [5.41, 5.74) is 0. The molecule has 0 aliphatic carbocycles. The Labute approximate surface area is 76.6 Å². The van der Waals surface area contributed by atoms with Crippen LogP contribution in [0.4, 0.5) is 0 Å². The molecule has 0 fully saturated rings. The second-order valence-corrected chi connectivity index (χ2v) is 3.56. The number of aryl methyl sites for hydroxylation is 1. The van der Waals surface area contributed by atoms with Crippen LogP contribution in [0.5, 0.6) is 0 Å². The first-order valence-corrected chi connectivity index (χ1v) is 5.03. The predicted molar refractivity (Wildman–Crippen MR) is 49.3 cm³/mol. The Bertz CT molecular complexity index is 237. The zero-order valence-corrected chi connectivity index (χ0v) is 8.27. The Hall–Kier alpha value is -0.480. The van der Waals surface area contributed by atoms with Crippen molar-refractivity contribution in [1.82, 2.24) is 9.36 Å². The summed E-state index contributed by atoms with van der Waals surface area (Å²) in [5.74, 6) is 0.887. The summed E-state index contributed by atoms with van der Waals surface area (Å²) in [6.45, 7) is 3.99. The van der Waals surface area contributed by atoms with Gasteiger partial charge in [0, 0.05) is 12.8 Å². The molecule has 0 bridgehead atoms. The van der Waals surface area contributed by atoms with Crippen molar-refractivity contribution in [2.24, 2.45) is 0 Å². The van der Waals surface area contributed by atoms with Crippen LogP contribution in [-0.2, 0) is 12.8 Å². The van der Waals surface area contributed by atoms with Crippen LogP contribution in [0.1, 0.15) is 31.1 Å². The molecule has 0 aromatic carbocycles. The van der Waals surface area contributed by atoms with E-state index >= 15 is 0 Å². The molecule has 1 rings (SSSR count). The standard InChI is InChI=1S/C8H14N2OS/c1-3-6(11)5-8-9-7(4-2)10-12-8/h6,11H,3-5H2,1-2H3. The Kier molecular flexibility index (Phi) is 3.62. The molecular weight excluding hydrogens is 172 g/mol. The first-order valence-electron chi connectivity index (χ1n) is 4.25. The van der Waals surface area contributed by atoms with Gasteiger partial charge in [0.2, 0.25) is 0 Å². The Morgan fingerprint density at radius 1 is 1.50 bits per heavy atom. The summed E-state index contributed by atoms with van der Waals surface area (Å²) in [7, 11) is 0. The molecule has 1 heterocycles. The van der Waals surface area contributed by atoms with E-state index in [0.29, 0.717) is 6.42 Å². The van der Waals surface area contributed by atoms with E-state index in [1.807, 2.05) is 13.8 Å². The highest BCUT2D eigenvalue weighted by molar-refractivity contribution is 7.05. The first-order chi connectivity index (χ1) is 5.76. The van der Waals surface area contributed by atoms with Gasteiger partial charge in [-0.1, -0.05) is 13.8 Å². The third kappa shape index (κ3) is 2.53. The highest BCUT2D eigenvalue weighted by Crippen LogP contribution is 2.09. The van der Waals surface area contributed by atoms with E-state index in [-0.39, 0.29) is 6.10 Å². The summed E-state index contributed by atoms with van der Waals surface area (Å²) >= 11 is 1.40. The Morgan fingerprint density at radius 3 is 2.75 bits per heavy atom. The zero-order valence-electron chi connectivity index (χ0n) is 7.45. The maximum absolute atomic E-state index is 9.33. The lowest BCUT2D eigenvalue weighted by molar-refractivity contribution is 0.170. The van der Waals surface area contributed by atoms with Crippen LogP contribution in [0.25, 0.3) is 0 Å². The van der Waals surface area contributed by atoms with Gasteiger partial charge in [-0.15, -0.1) is 0 Å². The van der Waals surface area contributed by atoms with Crippen molar-refractivity contribution in [1.29, 1.82) is 0 Å². The van der Waals surface area contributed by atoms with E-state index in [9.17, 15) is 5.11 Å². The van der Waals surface area contributed by atoms with Crippen LogP contribution in [0, 0.1) is 0 Å². The van der Waals surface area contributed by atoms with Crippen LogP contribution in [0.2, 0.25) is 0 Å². The van der Waals surface area contributed by atoms with Gasteiger partial charge in [0.1, 0.15) is 10.8 Å². The van der Waals surface area contributed by atoms with Gasteiger partial charge in [-0.3, -0.25) is 0 Å². The maximum Gasteiger partial charge on any atom is 0.142 e. The molecule has 0 radical (unpaired) electrons. The molecule has 4 heteroatoms. The van der Waals surface area contributed by atoms with Crippen molar-refractivity contribution in [2.75, 3.05) is 0 Å². The average Bonchev–Trinajstić information content (AvgIpc) is 2.52. The molecule has 3 nitrogen and oxygen atoms in total. The van der Waals surface area contributed by atoms with Crippen LogP contribution < -0.4 is 0 Å². The molecule has 1 N–H and O–H groups in total. The minimum absolute atomic E-state index is 0.261. The maximum atomic E-state index is 9.33. The van der Waals surface area contributed by atoms with Gasteiger partial charge in [0.25, 0.3) is 0 Å². The van der Waals surface area contributed by atoms with Gasteiger partial charge in [-0.25, -0.2) is 4.98 Å². The van der Waals surface area contributed by atoms with E-state index in [0.717, 1.165) is 23.7 Å². The first kappa shape index (κ1) is 9.61. The van der Waals surface area contributed by atoms with Crippen molar-refractivity contribution in [3.8, 4) is 0 Å². The average molecular weight is 186 g/mol. The molecule has 0 amide bonds. The van der Waals surface area contributed by atoms with Crippen molar-refractivity contribution in [3.63, 3.8) is 0 Å². The molecule has 68 valence electrons. The smallest absolute Gasteiger partial charge is 0.142 e. The lowest BCUT2D eigenvalue weighted by atomic mass is 10.2. The molecule has 0 spiro atoms. The van der Waals surface area contributed by atoms with Gasteiger partial charge >= 0.3 is 0 Å². The normalized spacial score (nSPS) is 13.2. The Balaban J connectivity index is 2.52. The van der Waals surface area contributed by atoms with Crippen LogP contribution in [0.3, 0.4) is 0 Å². The molecule has 1 aromatic rings. The molecule has 1 aromatic heterocycles. The fourth-order valence-corrected chi connectivity index (χ4v) is 1.66. The second-order valence-electron chi connectivity index (χ2n) is 2.72. The third-order valence-corrected chi connectivity index (χ3v) is 2.48. The largest absolute Gasteiger partial charge is 0.393 e. The SMILES string of the molecule is CCc1nsc(CC(O)CC)n1. The Morgan fingerprint density at radius 2 is 2.25 bits per heavy atom. The summed E-state index contributed by atoms with van der Waals surface area (Å²) < 4.78 is 4.14. The molecule has 1 atom stereocenters. The topological polar surface area (TPSA) is 46.0 Å². The summed E-state index contributed by atoms with van der Waals surface area (Å²) in [6.07, 6.45) is 2.04. The van der Waals surface area contributed by atoms with E-state index in [1.165, 1.54) is 11.5 Å². The summed E-state index contributed by atoms with van der Waals surface area (Å²) in [6, 6.07) is 0.